The molecule has 1 aromatic carbocycles. The van der Waals surface area contributed by atoms with Crippen molar-refractivity contribution in [2.75, 3.05) is 13.1 Å². The first-order chi connectivity index (χ1) is 9.95. The third-order valence-electron chi connectivity index (χ3n) is 2.88. The molecule has 0 saturated heterocycles. The van der Waals surface area contributed by atoms with E-state index in [4.69, 9.17) is 10.8 Å². The van der Waals surface area contributed by atoms with Gasteiger partial charge in [0.25, 0.3) is 0 Å². The Bertz CT molecular complexity index is 674. The van der Waals surface area contributed by atoms with Crippen molar-refractivity contribution in [3.63, 3.8) is 0 Å². The van der Waals surface area contributed by atoms with E-state index in [2.05, 4.69) is 4.98 Å². The number of nitrogens with two attached hydrogens (primary N) is 1. The highest BCUT2D eigenvalue weighted by Crippen LogP contribution is 2.19. The first-order valence-electron chi connectivity index (χ1n) is 6.21. The lowest BCUT2D eigenvalue weighted by Crippen LogP contribution is -2.37. The molecule has 0 atom stereocenters. The fourth-order valence-corrected chi connectivity index (χ4v) is 2.17. The van der Waals surface area contributed by atoms with E-state index in [1.165, 1.54) is 17.0 Å². The van der Waals surface area contributed by atoms with Crippen LogP contribution in [-0.4, -0.2) is 40.0 Å². The van der Waals surface area contributed by atoms with E-state index in [0.29, 0.717) is 16.5 Å². The number of fused-ring (bicyclic) bond motifs is 1. The van der Waals surface area contributed by atoms with E-state index >= 15 is 0 Å². The molecule has 0 aliphatic rings. The average Bonchev–Trinajstić information content (AvgIpc) is 2.36. The van der Waals surface area contributed by atoms with Gasteiger partial charge in [0.2, 0.25) is 5.91 Å². The summed E-state index contributed by atoms with van der Waals surface area (Å²) >= 11 is 0. The number of rotatable bonds is 6. The standard InChI is InChI=1S/C14H14FN3O3/c15-11-4-9-2-1-3-17-14(9)10(5-11)6-18(7-12(16)19)8-13(20)21/h1-5H,6-8H2,(H2,16,19)(H,20,21). The number of halogens is 1. The number of carboxylic acid groups (broad SMARTS) is 1. The molecule has 1 heterocycles. The van der Waals surface area contributed by atoms with Crippen LogP contribution in [0, 0.1) is 5.82 Å². The number of benzene rings is 1. The summed E-state index contributed by atoms with van der Waals surface area (Å²) < 4.78 is 13.6. The second kappa shape index (κ2) is 6.27. The number of carbonyl (C=O) groups excluding carboxylic acids is 1. The second-order valence-electron chi connectivity index (χ2n) is 4.65. The summed E-state index contributed by atoms with van der Waals surface area (Å²) in [6.45, 7) is -0.522. The van der Waals surface area contributed by atoms with Crippen LogP contribution in [0.1, 0.15) is 5.56 Å². The first-order valence-corrected chi connectivity index (χ1v) is 6.21. The summed E-state index contributed by atoms with van der Waals surface area (Å²) in [5, 5.41) is 9.47. The minimum absolute atomic E-state index is 0.0700. The molecule has 7 heteroatoms. The molecular weight excluding hydrogens is 277 g/mol. The van der Waals surface area contributed by atoms with E-state index in [1.807, 2.05) is 0 Å². The third-order valence-corrected chi connectivity index (χ3v) is 2.88. The monoisotopic (exact) mass is 291 g/mol. The lowest BCUT2D eigenvalue weighted by Gasteiger charge is -2.19. The zero-order valence-electron chi connectivity index (χ0n) is 11.1. The van der Waals surface area contributed by atoms with Crippen molar-refractivity contribution in [2.45, 2.75) is 6.54 Å². The van der Waals surface area contributed by atoms with E-state index in [9.17, 15) is 14.0 Å². The van der Waals surface area contributed by atoms with Crippen LogP contribution in [0.3, 0.4) is 0 Å². The number of aromatic nitrogens is 1. The zero-order valence-corrected chi connectivity index (χ0v) is 11.1. The highest BCUT2D eigenvalue weighted by molar-refractivity contribution is 5.82. The highest BCUT2D eigenvalue weighted by Gasteiger charge is 2.15. The predicted octanol–water partition coefficient (Wildman–Crippen LogP) is 0.746. The van der Waals surface area contributed by atoms with Gasteiger partial charge < -0.3 is 10.8 Å². The second-order valence-corrected chi connectivity index (χ2v) is 4.65. The summed E-state index contributed by atoms with van der Waals surface area (Å²) in [5.74, 6) is -2.19. The van der Waals surface area contributed by atoms with Gasteiger partial charge in [-0.2, -0.15) is 0 Å². The molecule has 2 aromatic rings. The van der Waals surface area contributed by atoms with E-state index in [1.54, 1.807) is 18.3 Å². The van der Waals surface area contributed by atoms with Crippen molar-refractivity contribution < 1.29 is 19.1 Å². The summed E-state index contributed by atoms with van der Waals surface area (Å²) in [6, 6.07) is 6.03. The minimum atomic E-state index is -1.09. The SMILES string of the molecule is NC(=O)CN(CC(=O)O)Cc1cc(F)cc2cccnc12. The minimum Gasteiger partial charge on any atom is -0.480 e. The lowest BCUT2D eigenvalue weighted by molar-refractivity contribution is -0.138. The van der Waals surface area contributed by atoms with Crippen LogP contribution in [0.15, 0.2) is 30.5 Å². The van der Waals surface area contributed by atoms with E-state index in [0.717, 1.165) is 0 Å². The molecule has 0 radical (unpaired) electrons. The van der Waals surface area contributed by atoms with Crippen LogP contribution in [0.5, 0.6) is 0 Å². The number of hydrogen-bond donors (Lipinski definition) is 2. The molecule has 6 nitrogen and oxygen atoms in total. The van der Waals surface area contributed by atoms with Crippen molar-refractivity contribution in [3.05, 3.63) is 41.8 Å². The molecule has 21 heavy (non-hydrogen) atoms. The topological polar surface area (TPSA) is 96.5 Å². The molecule has 110 valence electrons. The van der Waals surface area contributed by atoms with Gasteiger partial charge in [-0.25, -0.2) is 4.39 Å². The van der Waals surface area contributed by atoms with Gasteiger partial charge in [0.05, 0.1) is 18.6 Å². The lowest BCUT2D eigenvalue weighted by atomic mass is 10.1. The number of aliphatic carboxylic acids is 1. The van der Waals surface area contributed by atoms with Crippen LogP contribution >= 0.6 is 0 Å². The summed E-state index contributed by atoms with van der Waals surface area (Å²) in [6.07, 6.45) is 1.57. The summed E-state index contributed by atoms with van der Waals surface area (Å²) in [5.41, 5.74) is 6.18. The highest BCUT2D eigenvalue weighted by atomic mass is 19.1. The van der Waals surface area contributed by atoms with Crippen LogP contribution < -0.4 is 5.73 Å². The molecule has 1 amide bonds. The Morgan fingerprint density at radius 2 is 2.10 bits per heavy atom. The van der Waals surface area contributed by atoms with Gasteiger partial charge in [-0.1, -0.05) is 6.07 Å². The van der Waals surface area contributed by atoms with Crippen LogP contribution in [0.25, 0.3) is 10.9 Å². The van der Waals surface area contributed by atoms with Gasteiger partial charge in [-0.3, -0.25) is 19.5 Å². The number of pyridine rings is 1. The molecule has 1 aromatic heterocycles. The molecule has 0 spiro atoms. The van der Waals surface area contributed by atoms with Crippen molar-refractivity contribution in [3.8, 4) is 0 Å². The number of nitrogens with zero attached hydrogens (tertiary/aromatic N) is 2. The van der Waals surface area contributed by atoms with Gasteiger partial charge in [0.15, 0.2) is 0 Å². The number of amides is 1. The Balaban J connectivity index is 2.35. The zero-order chi connectivity index (χ0) is 15.4. The van der Waals surface area contributed by atoms with Crippen molar-refractivity contribution in [1.29, 1.82) is 0 Å². The van der Waals surface area contributed by atoms with Crippen molar-refractivity contribution in [1.82, 2.24) is 9.88 Å². The Hall–Kier alpha value is -2.54. The molecule has 0 bridgehead atoms. The van der Waals surface area contributed by atoms with Gasteiger partial charge in [-0.05, 0) is 23.8 Å². The average molecular weight is 291 g/mol. The maximum absolute atomic E-state index is 13.6. The Morgan fingerprint density at radius 1 is 1.33 bits per heavy atom. The molecular formula is C14H14FN3O3. The molecule has 0 saturated carbocycles. The normalized spacial score (nSPS) is 11.0. The van der Waals surface area contributed by atoms with Crippen LogP contribution in [-0.2, 0) is 16.1 Å². The van der Waals surface area contributed by atoms with E-state index < -0.39 is 17.7 Å². The van der Waals surface area contributed by atoms with Crippen molar-refractivity contribution in [2.24, 2.45) is 5.73 Å². The Labute approximate surface area is 120 Å². The van der Waals surface area contributed by atoms with Crippen molar-refractivity contribution >= 4 is 22.8 Å². The first kappa shape index (κ1) is 14.9. The maximum Gasteiger partial charge on any atom is 0.317 e. The molecule has 0 unspecified atom stereocenters. The Morgan fingerprint density at radius 3 is 2.76 bits per heavy atom. The molecule has 2 rings (SSSR count). The molecule has 0 aliphatic carbocycles. The maximum atomic E-state index is 13.6. The predicted molar refractivity (Wildman–Crippen MR) is 73.8 cm³/mol. The molecule has 3 N–H and O–H groups in total. The third kappa shape index (κ3) is 3.96. The fraction of sp³-hybridized carbons (Fsp3) is 0.214. The summed E-state index contributed by atoms with van der Waals surface area (Å²) in [7, 11) is 0. The van der Waals surface area contributed by atoms with E-state index in [-0.39, 0.29) is 19.6 Å². The number of primary amides is 1. The van der Waals surface area contributed by atoms with Crippen LogP contribution in [0.4, 0.5) is 4.39 Å². The van der Waals surface area contributed by atoms with Gasteiger partial charge in [-0.15, -0.1) is 0 Å². The smallest absolute Gasteiger partial charge is 0.317 e. The number of hydrogen-bond acceptors (Lipinski definition) is 4. The van der Waals surface area contributed by atoms with Gasteiger partial charge >= 0.3 is 5.97 Å². The fourth-order valence-electron chi connectivity index (χ4n) is 2.17. The largest absolute Gasteiger partial charge is 0.480 e. The molecule has 0 aliphatic heterocycles. The van der Waals surface area contributed by atoms with Crippen LogP contribution in [0.2, 0.25) is 0 Å². The molecule has 0 fully saturated rings. The van der Waals surface area contributed by atoms with Gasteiger partial charge in [0, 0.05) is 18.1 Å². The summed E-state index contributed by atoms with van der Waals surface area (Å²) in [4.78, 5) is 27.3. The number of carbonyl (C=O) groups is 2. The van der Waals surface area contributed by atoms with Gasteiger partial charge in [0.1, 0.15) is 5.82 Å². The Kier molecular flexibility index (Phi) is 4.44. The quantitative estimate of drug-likeness (QED) is 0.818. The number of carboxylic acids is 1.